The first-order chi connectivity index (χ1) is 12.5. The van der Waals surface area contributed by atoms with E-state index in [1.165, 1.54) is 12.8 Å². The van der Waals surface area contributed by atoms with Crippen molar-refractivity contribution in [2.24, 2.45) is 5.92 Å². The average Bonchev–Trinajstić information content (AvgIpc) is 2.85. The lowest BCUT2D eigenvalue weighted by Crippen LogP contribution is -2.50. The molecule has 6 heteroatoms. The lowest BCUT2D eigenvalue weighted by molar-refractivity contribution is -0.140. The van der Waals surface area contributed by atoms with Crippen LogP contribution in [0.3, 0.4) is 0 Å². The second kappa shape index (κ2) is 7.97. The highest BCUT2D eigenvalue weighted by Crippen LogP contribution is 2.37. The van der Waals surface area contributed by atoms with Crippen LogP contribution in [0.5, 0.6) is 0 Å². The Kier molecular flexibility index (Phi) is 5.88. The van der Waals surface area contributed by atoms with Crippen LogP contribution in [0, 0.1) is 5.92 Å². The average molecular weight is 364 g/mol. The third-order valence-corrected chi connectivity index (χ3v) is 6.84. The van der Waals surface area contributed by atoms with E-state index in [0.717, 1.165) is 49.8 Å². The molecule has 3 fully saturated rings. The van der Waals surface area contributed by atoms with Gasteiger partial charge in [-0.1, -0.05) is 39.0 Å². The molecular formula is C20H33N3O3. The first-order valence-electron chi connectivity index (χ1n) is 10.4. The lowest BCUT2D eigenvalue weighted by Gasteiger charge is -2.34. The number of nitrogens with zero attached hydrogens (tertiary/aromatic N) is 2. The smallest absolute Gasteiger partial charge is 0.325 e. The van der Waals surface area contributed by atoms with E-state index < -0.39 is 11.6 Å². The molecule has 0 radical (unpaired) electrons. The van der Waals surface area contributed by atoms with Crippen LogP contribution in [0.25, 0.3) is 0 Å². The summed E-state index contributed by atoms with van der Waals surface area (Å²) >= 11 is 0. The van der Waals surface area contributed by atoms with Crippen LogP contribution in [0.2, 0.25) is 0 Å². The predicted molar refractivity (Wildman–Crippen MR) is 99.5 cm³/mol. The van der Waals surface area contributed by atoms with E-state index >= 15 is 0 Å². The SMILES string of the molecule is CCC1CCC2(CC1)NC(=O)N(CC(=O)N(C)C1CCCCCC1)C2=O. The Bertz CT molecular complexity index is 547. The molecule has 0 aromatic heterocycles. The standard InChI is InChI=1S/C20H33N3O3/c1-3-15-10-12-20(13-11-15)18(25)23(19(26)21-20)14-17(24)22(2)16-8-6-4-5-7-9-16/h15-16H,3-14H2,1-2H3,(H,21,26). The minimum Gasteiger partial charge on any atom is -0.341 e. The van der Waals surface area contributed by atoms with E-state index in [0.29, 0.717) is 18.8 Å². The molecule has 4 amide bonds. The van der Waals surface area contributed by atoms with Crippen molar-refractivity contribution < 1.29 is 14.4 Å². The van der Waals surface area contributed by atoms with Crippen LogP contribution in [0.4, 0.5) is 4.79 Å². The van der Waals surface area contributed by atoms with Crippen LogP contribution < -0.4 is 5.32 Å². The van der Waals surface area contributed by atoms with Crippen molar-refractivity contribution in [2.45, 2.75) is 89.1 Å². The normalized spacial score (nSPS) is 30.4. The molecule has 6 nitrogen and oxygen atoms in total. The molecule has 3 aliphatic rings. The summed E-state index contributed by atoms with van der Waals surface area (Å²) < 4.78 is 0. The molecule has 0 aromatic rings. The van der Waals surface area contributed by atoms with Gasteiger partial charge in [0.05, 0.1) is 0 Å². The summed E-state index contributed by atoms with van der Waals surface area (Å²) in [7, 11) is 1.82. The third-order valence-electron chi connectivity index (χ3n) is 6.84. The molecule has 2 aliphatic carbocycles. The Hall–Kier alpha value is -1.59. The van der Waals surface area contributed by atoms with E-state index in [1.54, 1.807) is 4.90 Å². The zero-order chi connectivity index (χ0) is 18.7. The maximum Gasteiger partial charge on any atom is 0.325 e. The summed E-state index contributed by atoms with van der Waals surface area (Å²) in [6.07, 6.45) is 11.2. The molecule has 0 atom stereocenters. The second-order valence-corrected chi connectivity index (χ2v) is 8.41. The molecule has 1 saturated heterocycles. The lowest BCUT2D eigenvalue weighted by atomic mass is 9.75. The van der Waals surface area contributed by atoms with Crippen molar-refractivity contribution in [3.8, 4) is 0 Å². The summed E-state index contributed by atoms with van der Waals surface area (Å²) in [5.41, 5.74) is -0.760. The molecular weight excluding hydrogens is 330 g/mol. The van der Waals surface area contributed by atoms with Crippen LogP contribution in [0.1, 0.15) is 77.6 Å². The molecule has 0 aromatic carbocycles. The fourth-order valence-electron chi connectivity index (χ4n) is 4.83. The van der Waals surface area contributed by atoms with Crippen molar-refractivity contribution in [1.82, 2.24) is 15.1 Å². The quantitative estimate of drug-likeness (QED) is 0.616. The summed E-state index contributed by atoms with van der Waals surface area (Å²) in [6, 6.07) is -0.160. The summed E-state index contributed by atoms with van der Waals surface area (Å²) in [6.45, 7) is 2.04. The minimum atomic E-state index is -0.760. The van der Waals surface area contributed by atoms with Crippen LogP contribution in [-0.4, -0.2) is 52.8 Å². The number of carbonyl (C=O) groups is 3. The molecule has 1 heterocycles. The molecule has 0 bridgehead atoms. The van der Waals surface area contributed by atoms with Crippen LogP contribution >= 0.6 is 0 Å². The number of amides is 4. The van der Waals surface area contributed by atoms with Crippen molar-refractivity contribution in [3.05, 3.63) is 0 Å². The van der Waals surface area contributed by atoms with E-state index in [-0.39, 0.29) is 24.4 Å². The zero-order valence-corrected chi connectivity index (χ0v) is 16.3. The fraction of sp³-hybridized carbons (Fsp3) is 0.850. The van der Waals surface area contributed by atoms with Crippen LogP contribution in [-0.2, 0) is 9.59 Å². The van der Waals surface area contributed by atoms with Gasteiger partial charge in [0.15, 0.2) is 0 Å². The summed E-state index contributed by atoms with van der Waals surface area (Å²) in [5, 5.41) is 2.91. The highest BCUT2D eigenvalue weighted by Gasteiger charge is 2.52. The number of urea groups is 1. The summed E-state index contributed by atoms with van der Waals surface area (Å²) in [4.78, 5) is 41.0. The Labute approximate surface area is 156 Å². The van der Waals surface area contributed by atoms with E-state index in [2.05, 4.69) is 12.2 Å². The number of imide groups is 1. The highest BCUT2D eigenvalue weighted by atomic mass is 16.2. The van der Waals surface area contributed by atoms with Gasteiger partial charge in [0.1, 0.15) is 12.1 Å². The number of nitrogens with one attached hydrogen (secondary N) is 1. The Balaban J connectivity index is 1.61. The summed E-state index contributed by atoms with van der Waals surface area (Å²) in [5.74, 6) is 0.321. The van der Waals surface area contributed by atoms with Gasteiger partial charge >= 0.3 is 6.03 Å². The van der Waals surface area contributed by atoms with Gasteiger partial charge in [0.2, 0.25) is 5.91 Å². The molecule has 26 heavy (non-hydrogen) atoms. The zero-order valence-electron chi connectivity index (χ0n) is 16.3. The van der Waals surface area contributed by atoms with Crippen molar-refractivity contribution in [1.29, 1.82) is 0 Å². The van der Waals surface area contributed by atoms with Gasteiger partial charge in [-0.3, -0.25) is 14.5 Å². The van der Waals surface area contributed by atoms with E-state index in [1.807, 2.05) is 7.05 Å². The molecule has 1 aliphatic heterocycles. The molecule has 3 rings (SSSR count). The number of likely N-dealkylation sites (N-methyl/N-ethyl adjacent to an activating group) is 1. The molecule has 1 N–H and O–H groups in total. The fourth-order valence-corrected chi connectivity index (χ4v) is 4.83. The Morgan fingerprint density at radius 3 is 2.31 bits per heavy atom. The monoisotopic (exact) mass is 363 g/mol. The van der Waals surface area contributed by atoms with Crippen molar-refractivity contribution in [2.75, 3.05) is 13.6 Å². The predicted octanol–water partition coefficient (Wildman–Crippen LogP) is 3.06. The Morgan fingerprint density at radius 2 is 1.73 bits per heavy atom. The maximum absolute atomic E-state index is 12.9. The Morgan fingerprint density at radius 1 is 1.12 bits per heavy atom. The maximum atomic E-state index is 12.9. The largest absolute Gasteiger partial charge is 0.341 e. The van der Waals surface area contributed by atoms with Gasteiger partial charge in [-0.15, -0.1) is 0 Å². The third kappa shape index (κ3) is 3.74. The van der Waals surface area contributed by atoms with Gasteiger partial charge in [-0.2, -0.15) is 0 Å². The van der Waals surface area contributed by atoms with Gasteiger partial charge in [-0.25, -0.2) is 4.79 Å². The van der Waals surface area contributed by atoms with Gasteiger partial charge in [0.25, 0.3) is 5.91 Å². The van der Waals surface area contributed by atoms with E-state index in [4.69, 9.17) is 0 Å². The second-order valence-electron chi connectivity index (χ2n) is 8.41. The number of hydrogen-bond donors (Lipinski definition) is 1. The van der Waals surface area contributed by atoms with Crippen LogP contribution in [0.15, 0.2) is 0 Å². The number of hydrogen-bond acceptors (Lipinski definition) is 3. The highest BCUT2D eigenvalue weighted by molar-refractivity contribution is 6.09. The molecule has 0 unspecified atom stereocenters. The number of carbonyl (C=O) groups excluding carboxylic acids is 3. The van der Waals surface area contributed by atoms with E-state index in [9.17, 15) is 14.4 Å². The van der Waals surface area contributed by atoms with Gasteiger partial charge in [0, 0.05) is 13.1 Å². The first kappa shape index (κ1) is 19.2. The number of rotatable bonds is 4. The molecule has 146 valence electrons. The molecule has 2 saturated carbocycles. The first-order valence-corrected chi connectivity index (χ1v) is 10.4. The van der Waals surface area contributed by atoms with Gasteiger partial charge < -0.3 is 10.2 Å². The minimum absolute atomic E-state index is 0.125. The van der Waals surface area contributed by atoms with Gasteiger partial charge in [-0.05, 0) is 44.4 Å². The van der Waals surface area contributed by atoms with Crippen molar-refractivity contribution >= 4 is 17.8 Å². The topological polar surface area (TPSA) is 69.7 Å². The van der Waals surface area contributed by atoms with Crippen molar-refractivity contribution in [3.63, 3.8) is 0 Å². The molecule has 1 spiro atoms.